The zero-order valence-electron chi connectivity index (χ0n) is 57.7. The molecular formula is C70H136O17P2. The molecule has 3 N–H and O–H groups in total. The minimum Gasteiger partial charge on any atom is -0.462 e. The van der Waals surface area contributed by atoms with E-state index in [2.05, 4.69) is 41.5 Å². The molecule has 0 aromatic heterocycles. The van der Waals surface area contributed by atoms with E-state index >= 15 is 0 Å². The highest BCUT2D eigenvalue weighted by molar-refractivity contribution is 7.47. The Morgan fingerprint density at radius 3 is 0.798 bits per heavy atom. The van der Waals surface area contributed by atoms with Gasteiger partial charge in [0, 0.05) is 25.7 Å². The number of aliphatic hydroxyl groups is 1. The molecule has 7 atom stereocenters. The number of hydrogen-bond acceptors (Lipinski definition) is 15. The van der Waals surface area contributed by atoms with Crippen LogP contribution in [0.25, 0.3) is 0 Å². The Kier molecular flexibility index (Phi) is 60.8. The van der Waals surface area contributed by atoms with E-state index in [1.807, 2.05) is 0 Å². The van der Waals surface area contributed by atoms with Gasteiger partial charge in [0.2, 0.25) is 0 Å². The Morgan fingerprint density at radius 2 is 0.539 bits per heavy atom. The molecule has 528 valence electrons. The first-order chi connectivity index (χ1) is 42.9. The van der Waals surface area contributed by atoms with Crippen LogP contribution in [0.5, 0.6) is 0 Å². The van der Waals surface area contributed by atoms with Crippen LogP contribution in [0.4, 0.5) is 0 Å². The van der Waals surface area contributed by atoms with Gasteiger partial charge in [-0.3, -0.25) is 37.3 Å². The maximum absolute atomic E-state index is 13.0. The number of unbranched alkanes of at least 4 members (excludes halogenated alkanes) is 37. The summed E-state index contributed by atoms with van der Waals surface area (Å²) in [5.41, 5.74) is 0. The maximum Gasteiger partial charge on any atom is 0.472 e. The summed E-state index contributed by atoms with van der Waals surface area (Å²) < 4.78 is 68.2. The normalized spacial score (nSPS) is 14.8. The van der Waals surface area contributed by atoms with Crippen LogP contribution in [0.1, 0.15) is 356 Å². The number of phosphoric acid groups is 2. The summed E-state index contributed by atoms with van der Waals surface area (Å²) in [5.74, 6) is -0.562. The molecule has 0 heterocycles. The highest BCUT2D eigenvalue weighted by atomic mass is 31.2. The molecule has 0 spiro atoms. The Labute approximate surface area is 543 Å². The van der Waals surface area contributed by atoms with E-state index < -0.39 is 97.5 Å². The zero-order chi connectivity index (χ0) is 65.7. The van der Waals surface area contributed by atoms with Crippen LogP contribution in [0.2, 0.25) is 0 Å². The molecule has 0 saturated carbocycles. The van der Waals surface area contributed by atoms with Crippen molar-refractivity contribution in [2.45, 2.75) is 374 Å². The van der Waals surface area contributed by atoms with E-state index in [1.54, 1.807) is 0 Å². The van der Waals surface area contributed by atoms with E-state index in [1.165, 1.54) is 167 Å². The van der Waals surface area contributed by atoms with E-state index in [4.69, 9.17) is 37.0 Å². The second-order valence-corrected chi connectivity index (χ2v) is 28.7. The van der Waals surface area contributed by atoms with Crippen LogP contribution in [0.3, 0.4) is 0 Å². The number of carbonyl (C=O) groups excluding carboxylic acids is 4. The zero-order valence-corrected chi connectivity index (χ0v) is 59.5. The first kappa shape index (κ1) is 87.1. The molecule has 0 amide bonds. The molecule has 0 rings (SSSR count). The van der Waals surface area contributed by atoms with Crippen LogP contribution in [-0.4, -0.2) is 96.7 Å². The number of esters is 4. The molecule has 17 nitrogen and oxygen atoms in total. The lowest BCUT2D eigenvalue weighted by Crippen LogP contribution is -2.30. The van der Waals surface area contributed by atoms with Crippen molar-refractivity contribution in [3.63, 3.8) is 0 Å². The van der Waals surface area contributed by atoms with Crippen molar-refractivity contribution in [1.29, 1.82) is 0 Å². The van der Waals surface area contributed by atoms with Gasteiger partial charge in [-0.25, -0.2) is 9.13 Å². The molecular weight excluding hydrogens is 1170 g/mol. The molecule has 0 aliphatic heterocycles. The lowest BCUT2D eigenvalue weighted by molar-refractivity contribution is -0.161. The molecule has 0 radical (unpaired) electrons. The van der Waals surface area contributed by atoms with Crippen molar-refractivity contribution >= 4 is 39.5 Å². The second kappa shape index (κ2) is 62.2. The Morgan fingerprint density at radius 1 is 0.315 bits per heavy atom. The van der Waals surface area contributed by atoms with Crippen LogP contribution < -0.4 is 0 Å². The molecule has 89 heavy (non-hydrogen) atoms. The molecule has 0 aliphatic carbocycles. The van der Waals surface area contributed by atoms with Crippen molar-refractivity contribution in [3.05, 3.63) is 0 Å². The van der Waals surface area contributed by atoms with Gasteiger partial charge in [0.15, 0.2) is 12.2 Å². The lowest BCUT2D eigenvalue weighted by atomic mass is 9.99. The van der Waals surface area contributed by atoms with Gasteiger partial charge >= 0.3 is 39.5 Å². The molecule has 0 aliphatic rings. The fourth-order valence-electron chi connectivity index (χ4n) is 10.5. The standard InChI is InChI=1S/C70H136O17P2/c1-7-11-13-15-17-19-20-23-27-30-34-41-47-53-68(73)81-58-65(86-69(74)54-48-42-35-31-28-25-22-21-24-26-29-32-38-44-50-62(5)9-3)60-84-88(76,77)82-56-64(71)57-83-89(78,79)85-61-66(59-80-67(72)52-46-40-33-18-16-14-12-8-2)87-70(75)55-49-43-37-36-39-45-51-63(6)10-4/h62-66,71H,7-61H2,1-6H3,(H,76,77)(H,78,79)/t62?,63?,64-,65-,66-/m1/s1. The summed E-state index contributed by atoms with van der Waals surface area (Å²) in [6, 6.07) is 0. The molecule has 0 aromatic rings. The second-order valence-electron chi connectivity index (χ2n) is 25.8. The summed E-state index contributed by atoms with van der Waals surface area (Å²) in [6.45, 7) is 9.53. The largest absolute Gasteiger partial charge is 0.472 e. The van der Waals surface area contributed by atoms with Crippen molar-refractivity contribution in [3.8, 4) is 0 Å². The monoisotopic (exact) mass is 1310 g/mol. The molecule has 19 heteroatoms. The van der Waals surface area contributed by atoms with Gasteiger partial charge in [-0.05, 0) is 37.5 Å². The number of aliphatic hydroxyl groups excluding tert-OH is 1. The predicted octanol–water partition coefficient (Wildman–Crippen LogP) is 20.0. The van der Waals surface area contributed by atoms with E-state index in [9.17, 15) is 43.2 Å². The highest BCUT2D eigenvalue weighted by Gasteiger charge is 2.30. The minimum atomic E-state index is -4.95. The van der Waals surface area contributed by atoms with Gasteiger partial charge in [-0.1, -0.05) is 305 Å². The Balaban J connectivity index is 5.21. The van der Waals surface area contributed by atoms with Gasteiger partial charge in [0.05, 0.1) is 26.4 Å². The number of phosphoric ester groups is 2. The van der Waals surface area contributed by atoms with Crippen molar-refractivity contribution < 1.29 is 80.2 Å². The third kappa shape index (κ3) is 62.0. The predicted molar refractivity (Wildman–Crippen MR) is 358 cm³/mol. The minimum absolute atomic E-state index is 0.103. The topological polar surface area (TPSA) is 237 Å². The summed E-state index contributed by atoms with van der Waals surface area (Å²) in [6.07, 6.45) is 47.2. The number of hydrogen-bond donors (Lipinski definition) is 3. The molecule has 0 aromatic carbocycles. The van der Waals surface area contributed by atoms with Gasteiger partial charge in [0.1, 0.15) is 19.3 Å². The first-order valence-electron chi connectivity index (χ1n) is 36.6. The first-order valence-corrected chi connectivity index (χ1v) is 39.6. The number of ether oxygens (including phenoxy) is 4. The summed E-state index contributed by atoms with van der Waals surface area (Å²) >= 11 is 0. The molecule has 0 bridgehead atoms. The van der Waals surface area contributed by atoms with Gasteiger partial charge < -0.3 is 33.8 Å². The van der Waals surface area contributed by atoms with E-state index in [-0.39, 0.29) is 25.7 Å². The quantitative estimate of drug-likeness (QED) is 0.0222. The smallest absolute Gasteiger partial charge is 0.462 e. The SMILES string of the molecule is CCCCCCCCCCCCCCCC(=O)OC[C@H](COP(=O)(O)OC[C@@H](O)COP(=O)(O)OC[C@@H](COC(=O)CCCCCCCCCC)OC(=O)CCCCCCCCC(C)CC)OC(=O)CCCCCCCCCCCCCCCCC(C)CC. The molecule has 0 saturated heterocycles. The average Bonchev–Trinajstić information content (AvgIpc) is 3.61. The van der Waals surface area contributed by atoms with Crippen molar-refractivity contribution in [1.82, 2.24) is 0 Å². The van der Waals surface area contributed by atoms with Crippen LogP contribution in [-0.2, 0) is 65.4 Å². The summed E-state index contributed by atoms with van der Waals surface area (Å²) in [7, 11) is -9.90. The Bertz CT molecular complexity index is 1740. The van der Waals surface area contributed by atoms with Gasteiger partial charge in [-0.2, -0.15) is 0 Å². The number of rotatable bonds is 69. The maximum atomic E-state index is 13.0. The van der Waals surface area contributed by atoms with E-state index in [0.717, 1.165) is 108 Å². The van der Waals surface area contributed by atoms with Crippen LogP contribution in [0.15, 0.2) is 0 Å². The van der Waals surface area contributed by atoms with Crippen LogP contribution >= 0.6 is 15.6 Å². The van der Waals surface area contributed by atoms with E-state index in [0.29, 0.717) is 25.7 Å². The molecule has 4 unspecified atom stereocenters. The fraction of sp³-hybridized carbons (Fsp3) is 0.943. The Hall–Kier alpha value is -1.94. The van der Waals surface area contributed by atoms with Crippen LogP contribution in [0, 0.1) is 11.8 Å². The van der Waals surface area contributed by atoms with Gasteiger partial charge in [-0.15, -0.1) is 0 Å². The summed E-state index contributed by atoms with van der Waals surface area (Å²) in [4.78, 5) is 72.4. The van der Waals surface area contributed by atoms with Crippen molar-refractivity contribution in [2.75, 3.05) is 39.6 Å². The third-order valence-electron chi connectivity index (χ3n) is 16.9. The average molecular weight is 1310 g/mol. The molecule has 0 fully saturated rings. The van der Waals surface area contributed by atoms with Crippen molar-refractivity contribution in [2.24, 2.45) is 11.8 Å². The summed E-state index contributed by atoms with van der Waals surface area (Å²) in [5, 5.41) is 10.6. The van der Waals surface area contributed by atoms with Gasteiger partial charge in [0.25, 0.3) is 0 Å². The third-order valence-corrected chi connectivity index (χ3v) is 18.8. The number of carbonyl (C=O) groups is 4. The lowest BCUT2D eigenvalue weighted by Gasteiger charge is -2.21. The highest BCUT2D eigenvalue weighted by Crippen LogP contribution is 2.45. The fourth-order valence-corrected chi connectivity index (χ4v) is 12.1.